The Labute approximate surface area is 274 Å². The average molecular weight is 649 g/mol. The topological polar surface area (TPSA) is 116 Å². The summed E-state index contributed by atoms with van der Waals surface area (Å²) >= 11 is 1.67. The van der Waals surface area contributed by atoms with Crippen LogP contribution in [0.1, 0.15) is 92.7 Å². The molecule has 11 heteroatoms. The van der Waals surface area contributed by atoms with Crippen LogP contribution in [0.2, 0.25) is 0 Å². The van der Waals surface area contributed by atoms with Crippen molar-refractivity contribution in [2.24, 2.45) is 5.41 Å². The Hall–Kier alpha value is -3.96. The monoisotopic (exact) mass is 648 g/mol. The number of aromatic nitrogens is 2. The first-order chi connectivity index (χ1) is 21.8. The molecule has 3 aromatic heterocycles. The predicted octanol–water partition coefficient (Wildman–Crippen LogP) is 6.66. The highest BCUT2D eigenvalue weighted by molar-refractivity contribution is 7.15. The van der Waals surface area contributed by atoms with Crippen LogP contribution in [0.3, 0.4) is 0 Å². The second-order valence-corrected chi connectivity index (χ2v) is 14.4. The molecule has 1 aliphatic heterocycles. The molecule has 5 rings (SSSR count). The smallest absolute Gasteiger partial charge is 0.341 e. The molecule has 0 aliphatic carbocycles. The van der Waals surface area contributed by atoms with E-state index < -0.39 is 23.6 Å². The lowest BCUT2D eigenvalue weighted by atomic mass is 9.97. The molecular weight excluding hydrogens is 604 g/mol. The summed E-state index contributed by atoms with van der Waals surface area (Å²) in [6.45, 7) is 15.4. The van der Waals surface area contributed by atoms with Gasteiger partial charge in [-0.05, 0) is 90.3 Å². The van der Waals surface area contributed by atoms with Gasteiger partial charge in [0.1, 0.15) is 11.4 Å². The number of rotatable bonds is 10. The van der Waals surface area contributed by atoms with E-state index in [1.54, 1.807) is 56.4 Å². The Bertz CT molecular complexity index is 1700. The highest BCUT2D eigenvalue weighted by Gasteiger charge is 2.28. The van der Waals surface area contributed by atoms with Crippen molar-refractivity contribution in [3.63, 3.8) is 0 Å². The normalized spacial score (nSPS) is 15.3. The van der Waals surface area contributed by atoms with E-state index in [4.69, 9.17) is 14.0 Å². The molecule has 1 atom stereocenters. The van der Waals surface area contributed by atoms with Crippen molar-refractivity contribution < 1.29 is 28.4 Å². The highest BCUT2D eigenvalue weighted by Crippen LogP contribution is 2.30. The standard InChI is InChI=1S/C35H44N4O6S/c1-8-27-10-12-31(46-27)30-19-26(37-45-30)20-39-28-11-9-23(33(41)43-22(4)44-34(42)35(5,6)7)17-24(28)18-29(39)32(40)36-25-13-15-38(16-14-25)21(2)3/h9-12,17-19,21-22,25H,8,13-16,20H2,1-7H3,(H,36,40). The number of esters is 2. The predicted molar refractivity (Wildman–Crippen MR) is 178 cm³/mol. The summed E-state index contributed by atoms with van der Waals surface area (Å²) in [6, 6.07) is 13.5. The molecule has 1 fully saturated rings. The van der Waals surface area contributed by atoms with Gasteiger partial charge in [0.05, 0.1) is 22.4 Å². The van der Waals surface area contributed by atoms with Gasteiger partial charge >= 0.3 is 11.9 Å². The van der Waals surface area contributed by atoms with Crippen molar-refractivity contribution in [1.29, 1.82) is 0 Å². The van der Waals surface area contributed by atoms with E-state index in [2.05, 4.69) is 42.2 Å². The molecule has 46 heavy (non-hydrogen) atoms. The number of likely N-dealkylation sites (tertiary alicyclic amines) is 1. The van der Waals surface area contributed by atoms with E-state index in [0.29, 0.717) is 35.1 Å². The van der Waals surface area contributed by atoms with E-state index in [1.807, 2.05) is 16.7 Å². The number of piperidine rings is 1. The lowest BCUT2D eigenvalue weighted by molar-refractivity contribution is -0.174. The zero-order valence-corrected chi connectivity index (χ0v) is 28.5. The minimum absolute atomic E-state index is 0.0713. The zero-order valence-electron chi connectivity index (χ0n) is 27.7. The van der Waals surface area contributed by atoms with Crippen molar-refractivity contribution in [1.82, 2.24) is 19.9 Å². The minimum Gasteiger partial charge on any atom is -0.425 e. The molecule has 4 heterocycles. The number of nitrogens with one attached hydrogen (secondary N) is 1. The Morgan fingerprint density at radius 1 is 1.04 bits per heavy atom. The maximum atomic E-state index is 13.8. The first-order valence-electron chi connectivity index (χ1n) is 16.0. The van der Waals surface area contributed by atoms with E-state index in [-0.39, 0.29) is 17.5 Å². The molecule has 4 aromatic rings. The van der Waals surface area contributed by atoms with Gasteiger partial charge in [-0.25, -0.2) is 4.79 Å². The van der Waals surface area contributed by atoms with Crippen molar-refractivity contribution in [3.8, 4) is 10.6 Å². The van der Waals surface area contributed by atoms with Gasteiger partial charge in [0.15, 0.2) is 5.76 Å². The van der Waals surface area contributed by atoms with Crippen LogP contribution in [0.5, 0.6) is 0 Å². The molecular formula is C35H44N4O6S. The number of amides is 1. The number of carbonyl (C=O) groups is 3. The number of thiophene rings is 1. The maximum Gasteiger partial charge on any atom is 0.341 e. The van der Waals surface area contributed by atoms with Crippen LogP contribution in [0.4, 0.5) is 0 Å². The average Bonchev–Trinajstić information content (AvgIpc) is 3.75. The Balaban J connectivity index is 1.40. The van der Waals surface area contributed by atoms with Gasteiger partial charge in [0.25, 0.3) is 5.91 Å². The van der Waals surface area contributed by atoms with Crippen LogP contribution >= 0.6 is 11.3 Å². The molecule has 1 aromatic carbocycles. The van der Waals surface area contributed by atoms with E-state index in [1.165, 1.54) is 11.8 Å². The molecule has 1 saturated heterocycles. The lowest BCUT2D eigenvalue weighted by Gasteiger charge is -2.34. The van der Waals surface area contributed by atoms with E-state index >= 15 is 0 Å². The Kier molecular flexibility index (Phi) is 10.0. The minimum atomic E-state index is -1.05. The van der Waals surface area contributed by atoms with Gasteiger partial charge < -0.3 is 28.8 Å². The van der Waals surface area contributed by atoms with Gasteiger partial charge in [-0.3, -0.25) is 9.59 Å². The van der Waals surface area contributed by atoms with Gasteiger partial charge in [-0.15, -0.1) is 11.3 Å². The van der Waals surface area contributed by atoms with Crippen LogP contribution in [0.25, 0.3) is 21.5 Å². The summed E-state index contributed by atoms with van der Waals surface area (Å²) in [5.41, 5.74) is 1.46. The fourth-order valence-electron chi connectivity index (χ4n) is 5.51. The van der Waals surface area contributed by atoms with Crippen molar-refractivity contribution >= 4 is 40.1 Å². The number of fused-ring (bicyclic) bond motifs is 1. The molecule has 1 N–H and O–H groups in total. The molecule has 10 nitrogen and oxygen atoms in total. The number of benzene rings is 1. The van der Waals surface area contributed by atoms with Crippen LogP contribution in [0.15, 0.2) is 47.0 Å². The third-order valence-corrected chi connectivity index (χ3v) is 9.50. The zero-order chi connectivity index (χ0) is 33.2. The molecule has 1 aliphatic rings. The number of ether oxygens (including phenoxy) is 2. The van der Waals surface area contributed by atoms with Crippen molar-refractivity contribution in [2.75, 3.05) is 13.1 Å². The maximum absolute atomic E-state index is 13.8. The second kappa shape index (κ2) is 13.8. The highest BCUT2D eigenvalue weighted by atomic mass is 32.1. The lowest BCUT2D eigenvalue weighted by Crippen LogP contribution is -2.46. The molecule has 0 radical (unpaired) electrons. The molecule has 246 valence electrons. The number of carbonyl (C=O) groups excluding carboxylic acids is 3. The quantitative estimate of drug-likeness (QED) is 0.150. The largest absolute Gasteiger partial charge is 0.425 e. The third-order valence-electron chi connectivity index (χ3n) is 8.26. The van der Waals surface area contributed by atoms with Crippen LogP contribution < -0.4 is 5.32 Å². The van der Waals surface area contributed by atoms with Gasteiger partial charge in [0.2, 0.25) is 6.29 Å². The first-order valence-corrected chi connectivity index (χ1v) is 16.8. The molecule has 0 bridgehead atoms. The number of nitrogens with zero attached hydrogens (tertiary/aromatic N) is 3. The Morgan fingerprint density at radius 2 is 1.78 bits per heavy atom. The summed E-state index contributed by atoms with van der Waals surface area (Å²) in [5, 5.41) is 8.27. The summed E-state index contributed by atoms with van der Waals surface area (Å²) in [6.07, 6.45) is 1.66. The fourth-order valence-corrected chi connectivity index (χ4v) is 6.41. The SMILES string of the molecule is CCc1ccc(-c2cc(Cn3c(C(=O)NC4CCN(C(C)C)CC4)cc4cc(C(=O)OC(C)OC(=O)C(C)(C)C)ccc43)no2)s1. The second-order valence-electron chi connectivity index (χ2n) is 13.2. The molecule has 1 unspecified atom stereocenters. The third kappa shape index (κ3) is 7.70. The molecule has 0 saturated carbocycles. The van der Waals surface area contributed by atoms with E-state index in [9.17, 15) is 14.4 Å². The summed E-state index contributed by atoms with van der Waals surface area (Å²) in [7, 11) is 0. The van der Waals surface area contributed by atoms with Crippen molar-refractivity contribution in [2.45, 2.75) is 92.6 Å². The number of hydrogen-bond donors (Lipinski definition) is 1. The van der Waals surface area contributed by atoms with Gasteiger partial charge in [0, 0.05) is 53.9 Å². The first kappa shape index (κ1) is 33.4. The summed E-state index contributed by atoms with van der Waals surface area (Å²) < 4.78 is 18.3. The van der Waals surface area contributed by atoms with Crippen LogP contribution in [-0.2, 0) is 27.2 Å². The molecule has 0 spiro atoms. The van der Waals surface area contributed by atoms with Crippen LogP contribution in [0, 0.1) is 5.41 Å². The van der Waals surface area contributed by atoms with E-state index in [0.717, 1.165) is 42.7 Å². The summed E-state index contributed by atoms with van der Waals surface area (Å²) in [4.78, 5) is 43.7. The number of hydrogen-bond acceptors (Lipinski definition) is 9. The Morgan fingerprint density at radius 3 is 2.43 bits per heavy atom. The molecule has 1 amide bonds. The number of aryl methyl sites for hydroxylation is 1. The summed E-state index contributed by atoms with van der Waals surface area (Å²) in [5.74, 6) is -0.590. The van der Waals surface area contributed by atoms with Gasteiger partial charge in [-0.1, -0.05) is 12.1 Å². The van der Waals surface area contributed by atoms with Crippen LogP contribution in [-0.4, -0.2) is 63.9 Å². The fraction of sp³-hybridized carbons (Fsp3) is 0.486. The van der Waals surface area contributed by atoms with Crippen molar-refractivity contribution in [3.05, 3.63) is 64.3 Å². The van der Waals surface area contributed by atoms with Gasteiger partial charge in [-0.2, -0.15) is 0 Å².